The summed E-state index contributed by atoms with van der Waals surface area (Å²) in [6.07, 6.45) is 5.43. The van der Waals surface area contributed by atoms with Gasteiger partial charge in [-0.1, -0.05) is 6.07 Å². The van der Waals surface area contributed by atoms with Gasteiger partial charge in [0.15, 0.2) is 5.69 Å². The van der Waals surface area contributed by atoms with Gasteiger partial charge in [-0.05, 0) is 44.9 Å². The average Bonchev–Trinajstić information content (AvgIpc) is 3.08. The van der Waals surface area contributed by atoms with Crippen LogP contribution in [0.5, 0.6) is 0 Å². The molecule has 2 saturated heterocycles. The van der Waals surface area contributed by atoms with Crippen LogP contribution in [0.1, 0.15) is 41.0 Å². The van der Waals surface area contributed by atoms with E-state index in [4.69, 9.17) is 14.5 Å². The van der Waals surface area contributed by atoms with Gasteiger partial charge < -0.3 is 18.8 Å². The largest absolute Gasteiger partial charge is 0.376 e. The molecule has 0 N–H and O–H groups in total. The van der Waals surface area contributed by atoms with Crippen LogP contribution < -0.4 is 0 Å². The zero-order chi connectivity index (χ0) is 19.5. The summed E-state index contributed by atoms with van der Waals surface area (Å²) in [4.78, 5) is 22.2. The number of amides is 1. The van der Waals surface area contributed by atoms with E-state index in [1.165, 1.54) is 6.42 Å². The van der Waals surface area contributed by atoms with Gasteiger partial charge in [0.25, 0.3) is 5.91 Å². The van der Waals surface area contributed by atoms with Crippen LogP contribution in [0.4, 0.5) is 0 Å². The van der Waals surface area contributed by atoms with Crippen molar-refractivity contribution in [2.75, 3.05) is 46.5 Å². The second-order valence-corrected chi connectivity index (χ2v) is 7.91. The van der Waals surface area contributed by atoms with E-state index in [-0.39, 0.29) is 12.0 Å². The van der Waals surface area contributed by atoms with Crippen molar-refractivity contribution in [2.45, 2.75) is 38.8 Å². The third-order valence-electron chi connectivity index (χ3n) is 5.61. The molecule has 2 fully saturated rings. The first-order chi connectivity index (χ1) is 13.6. The number of likely N-dealkylation sites (tertiary alicyclic amines) is 1. The Morgan fingerprint density at radius 2 is 2.11 bits per heavy atom. The van der Waals surface area contributed by atoms with Crippen molar-refractivity contribution in [1.82, 2.24) is 19.2 Å². The molecule has 0 aliphatic carbocycles. The fourth-order valence-electron chi connectivity index (χ4n) is 4.13. The first-order valence-electron chi connectivity index (χ1n) is 10.3. The molecule has 2 aliphatic rings. The van der Waals surface area contributed by atoms with E-state index in [2.05, 4.69) is 16.3 Å². The van der Waals surface area contributed by atoms with Crippen molar-refractivity contribution in [2.24, 2.45) is 0 Å². The topological polar surface area (TPSA) is 59.3 Å². The molecule has 4 rings (SSSR count). The molecule has 0 aromatic carbocycles. The van der Waals surface area contributed by atoms with E-state index in [0.717, 1.165) is 49.4 Å². The number of hydrogen-bond acceptors (Lipinski definition) is 5. The van der Waals surface area contributed by atoms with Crippen molar-refractivity contribution < 1.29 is 14.3 Å². The predicted octanol–water partition coefficient (Wildman–Crippen LogP) is 2.12. The first-order valence-corrected chi connectivity index (χ1v) is 10.3. The van der Waals surface area contributed by atoms with Crippen molar-refractivity contribution in [3.8, 4) is 0 Å². The number of pyridine rings is 1. The Morgan fingerprint density at radius 3 is 2.86 bits per heavy atom. The molecule has 0 saturated carbocycles. The normalized spacial score (nSPS) is 20.8. The molecule has 1 amide bonds. The van der Waals surface area contributed by atoms with Crippen molar-refractivity contribution in [3.63, 3.8) is 0 Å². The fourth-order valence-corrected chi connectivity index (χ4v) is 4.13. The second-order valence-electron chi connectivity index (χ2n) is 7.91. The van der Waals surface area contributed by atoms with E-state index in [0.29, 0.717) is 32.1 Å². The summed E-state index contributed by atoms with van der Waals surface area (Å²) in [6, 6.07) is 4.05. The zero-order valence-electron chi connectivity index (χ0n) is 16.9. The summed E-state index contributed by atoms with van der Waals surface area (Å²) in [7, 11) is 2.06. The minimum Gasteiger partial charge on any atom is -0.376 e. The molecular formula is C21H30N4O3. The molecule has 28 heavy (non-hydrogen) atoms. The SMILES string of the molecule is Cc1cccn2c(CN(C)C[C@H]3COCCO3)c(C(=O)N3CCCCC3)nc12. The quantitative estimate of drug-likeness (QED) is 0.788. The Hall–Kier alpha value is -1.96. The Kier molecular flexibility index (Phi) is 5.94. The number of carbonyl (C=O) groups is 1. The van der Waals surface area contributed by atoms with Gasteiger partial charge in [-0.15, -0.1) is 0 Å². The lowest BCUT2D eigenvalue weighted by atomic mass is 10.1. The number of likely N-dealkylation sites (N-methyl/N-ethyl adjacent to an activating group) is 1. The van der Waals surface area contributed by atoms with Crippen LogP contribution in [0.3, 0.4) is 0 Å². The molecule has 1 atom stereocenters. The summed E-state index contributed by atoms with van der Waals surface area (Å²) in [6.45, 7) is 7.03. The van der Waals surface area contributed by atoms with Crippen LogP contribution in [-0.4, -0.2) is 77.7 Å². The maximum absolute atomic E-state index is 13.3. The molecular weight excluding hydrogens is 356 g/mol. The van der Waals surface area contributed by atoms with Crippen molar-refractivity contribution >= 4 is 11.6 Å². The molecule has 0 bridgehead atoms. The highest BCUT2D eigenvalue weighted by Crippen LogP contribution is 2.21. The van der Waals surface area contributed by atoms with E-state index in [1.54, 1.807) is 0 Å². The van der Waals surface area contributed by atoms with E-state index in [1.807, 2.05) is 30.2 Å². The van der Waals surface area contributed by atoms with Crippen LogP contribution >= 0.6 is 0 Å². The van der Waals surface area contributed by atoms with Gasteiger partial charge in [-0.3, -0.25) is 9.69 Å². The Labute approximate surface area is 166 Å². The van der Waals surface area contributed by atoms with Crippen LogP contribution in [0.15, 0.2) is 18.3 Å². The Balaban J connectivity index is 1.61. The van der Waals surface area contributed by atoms with Crippen molar-refractivity contribution in [3.05, 3.63) is 35.3 Å². The lowest BCUT2D eigenvalue weighted by molar-refractivity contribution is -0.0963. The van der Waals surface area contributed by atoms with Crippen LogP contribution in [0.2, 0.25) is 0 Å². The molecule has 2 aromatic heterocycles. The minimum atomic E-state index is 0.0587. The highest BCUT2D eigenvalue weighted by molar-refractivity contribution is 5.94. The number of hydrogen-bond donors (Lipinski definition) is 0. The molecule has 7 heteroatoms. The maximum atomic E-state index is 13.3. The van der Waals surface area contributed by atoms with Gasteiger partial charge in [-0.25, -0.2) is 4.98 Å². The number of ether oxygens (including phenoxy) is 2. The number of aromatic nitrogens is 2. The number of fused-ring (bicyclic) bond motifs is 1. The standard InChI is InChI=1S/C21H30N4O3/c1-16-7-6-10-25-18(14-23(2)13-17-15-27-11-12-28-17)19(22-20(16)25)21(26)24-8-4-3-5-9-24/h6-7,10,17H,3-5,8-9,11-15H2,1-2H3/t17-/m0/s1. The van der Waals surface area contributed by atoms with Gasteiger partial charge in [0.2, 0.25) is 0 Å². The summed E-state index contributed by atoms with van der Waals surface area (Å²) >= 11 is 0. The summed E-state index contributed by atoms with van der Waals surface area (Å²) in [5.41, 5.74) is 3.48. The molecule has 0 radical (unpaired) electrons. The number of imidazole rings is 1. The highest BCUT2D eigenvalue weighted by Gasteiger charge is 2.27. The van der Waals surface area contributed by atoms with Gasteiger partial charge in [0.1, 0.15) is 5.65 Å². The number of piperidine rings is 1. The molecule has 152 valence electrons. The van der Waals surface area contributed by atoms with Crippen LogP contribution in [-0.2, 0) is 16.0 Å². The Bertz CT molecular complexity index is 822. The van der Waals surface area contributed by atoms with E-state index < -0.39 is 0 Å². The summed E-state index contributed by atoms with van der Waals surface area (Å²) in [5, 5.41) is 0. The lowest BCUT2D eigenvalue weighted by Gasteiger charge is -2.28. The third kappa shape index (κ3) is 4.06. The monoisotopic (exact) mass is 386 g/mol. The molecule has 0 unspecified atom stereocenters. The number of nitrogens with zero attached hydrogens (tertiary/aromatic N) is 4. The van der Waals surface area contributed by atoms with Gasteiger partial charge in [-0.2, -0.15) is 0 Å². The molecule has 2 aliphatic heterocycles. The molecule has 4 heterocycles. The number of rotatable bonds is 5. The predicted molar refractivity (Wildman–Crippen MR) is 107 cm³/mol. The molecule has 7 nitrogen and oxygen atoms in total. The highest BCUT2D eigenvalue weighted by atomic mass is 16.6. The number of carbonyl (C=O) groups excluding carboxylic acids is 1. The maximum Gasteiger partial charge on any atom is 0.274 e. The first kappa shape index (κ1) is 19.4. The lowest BCUT2D eigenvalue weighted by Crippen LogP contribution is -2.39. The molecule has 2 aromatic rings. The van der Waals surface area contributed by atoms with Gasteiger partial charge in [0, 0.05) is 32.4 Å². The number of aryl methyl sites for hydroxylation is 1. The van der Waals surface area contributed by atoms with Crippen LogP contribution in [0, 0.1) is 6.92 Å². The minimum absolute atomic E-state index is 0.0587. The van der Waals surface area contributed by atoms with Gasteiger partial charge in [0.05, 0.1) is 31.6 Å². The second kappa shape index (κ2) is 8.59. The summed E-state index contributed by atoms with van der Waals surface area (Å²) < 4.78 is 13.4. The third-order valence-corrected chi connectivity index (χ3v) is 5.61. The van der Waals surface area contributed by atoms with E-state index in [9.17, 15) is 4.79 Å². The average molecular weight is 386 g/mol. The summed E-state index contributed by atoms with van der Waals surface area (Å²) in [5.74, 6) is 0.0587. The Morgan fingerprint density at radius 1 is 1.29 bits per heavy atom. The fraction of sp³-hybridized carbons (Fsp3) is 0.619. The molecule has 0 spiro atoms. The smallest absolute Gasteiger partial charge is 0.274 e. The van der Waals surface area contributed by atoms with Crippen molar-refractivity contribution in [1.29, 1.82) is 0 Å². The van der Waals surface area contributed by atoms with Gasteiger partial charge >= 0.3 is 0 Å². The van der Waals surface area contributed by atoms with E-state index >= 15 is 0 Å². The zero-order valence-corrected chi connectivity index (χ0v) is 16.9. The van der Waals surface area contributed by atoms with Crippen LogP contribution in [0.25, 0.3) is 5.65 Å².